The molecule has 0 atom stereocenters. The molecule has 0 bridgehead atoms. The molecule has 0 aliphatic rings. The Kier molecular flexibility index (Phi) is 3.80. The van der Waals surface area contributed by atoms with E-state index in [2.05, 4.69) is 4.74 Å². The Balaban J connectivity index is 3.27. The molecule has 0 aromatic heterocycles. The summed E-state index contributed by atoms with van der Waals surface area (Å²) in [5.41, 5.74) is -0.469. The summed E-state index contributed by atoms with van der Waals surface area (Å²) in [5.74, 6) is -0.369. The molecule has 2 nitrogen and oxygen atoms in total. The Labute approximate surface area is 95.5 Å². The van der Waals surface area contributed by atoms with Gasteiger partial charge in [0, 0.05) is 11.4 Å². The highest BCUT2D eigenvalue weighted by Crippen LogP contribution is 2.31. The van der Waals surface area contributed by atoms with Crippen LogP contribution in [0.1, 0.15) is 16.7 Å². The predicted octanol–water partition coefficient (Wildman–Crippen LogP) is 3.42. The zero-order chi connectivity index (χ0) is 12.3. The van der Waals surface area contributed by atoms with E-state index in [-0.39, 0.29) is 17.3 Å². The van der Waals surface area contributed by atoms with Crippen molar-refractivity contribution in [3.8, 4) is 0 Å². The number of methoxy groups -OCH3 is 1. The number of ether oxygens (including phenoxy) is 1. The molecule has 0 amide bonds. The second kappa shape index (κ2) is 4.74. The van der Waals surface area contributed by atoms with Gasteiger partial charge in [0.1, 0.15) is 0 Å². The molecule has 1 aromatic rings. The Hall–Kier alpha value is -1.23. The molecule has 6 heteroatoms. The van der Waals surface area contributed by atoms with Gasteiger partial charge in [0.15, 0.2) is 0 Å². The van der Waals surface area contributed by atoms with Gasteiger partial charge in [0.2, 0.25) is 5.90 Å². The topological polar surface area (TPSA) is 33.1 Å². The first-order valence-corrected chi connectivity index (χ1v) is 4.82. The summed E-state index contributed by atoms with van der Waals surface area (Å²) in [6.45, 7) is 0. The Morgan fingerprint density at radius 2 is 2.00 bits per heavy atom. The van der Waals surface area contributed by atoms with Crippen molar-refractivity contribution in [2.24, 2.45) is 0 Å². The molecule has 0 spiro atoms. The van der Waals surface area contributed by atoms with Crippen LogP contribution in [0, 0.1) is 5.41 Å². The van der Waals surface area contributed by atoms with Crippen LogP contribution < -0.4 is 0 Å². The van der Waals surface area contributed by atoms with Crippen molar-refractivity contribution in [1.82, 2.24) is 0 Å². The summed E-state index contributed by atoms with van der Waals surface area (Å²) in [7, 11) is 1.23. The lowest BCUT2D eigenvalue weighted by atomic mass is 10.1. The first kappa shape index (κ1) is 12.8. The molecule has 0 unspecified atom stereocenters. The van der Waals surface area contributed by atoms with Gasteiger partial charge < -0.3 is 4.74 Å². The third-order valence-electron chi connectivity index (χ3n) is 1.94. The van der Waals surface area contributed by atoms with Crippen molar-refractivity contribution in [1.29, 1.82) is 5.41 Å². The van der Waals surface area contributed by atoms with Crippen molar-refractivity contribution < 1.29 is 17.9 Å². The maximum absolute atomic E-state index is 12.5. The van der Waals surface area contributed by atoms with Crippen molar-refractivity contribution in [3.63, 3.8) is 0 Å². The highest BCUT2D eigenvalue weighted by molar-refractivity contribution is 6.17. The zero-order valence-corrected chi connectivity index (χ0v) is 9.12. The quantitative estimate of drug-likeness (QED) is 0.488. The molecule has 0 fully saturated rings. The summed E-state index contributed by atoms with van der Waals surface area (Å²) < 4.78 is 42.1. The van der Waals surface area contributed by atoms with E-state index in [9.17, 15) is 13.2 Å². The molecular weight excluding hydrogens is 243 g/mol. The summed E-state index contributed by atoms with van der Waals surface area (Å²) in [4.78, 5) is 0. The standard InChI is InChI=1S/C10H9ClF3NO/c1-16-9(15)7-2-6(5-11)3-8(4-7)10(12,13)14/h2-4,15H,5H2,1H3. The second-order valence-corrected chi connectivity index (χ2v) is 3.35. The number of hydrogen-bond acceptors (Lipinski definition) is 2. The molecule has 0 radical (unpaired) electrons. The van der Waals surface area contributed by atoms with Crippen molar-refractivity contribution in [2.75, 3.05) is 7.11 Å². The van der Waals surface area contributed by atoms with Crippen molar-refractivity contribution >= 4 is 17.5 Å². The van der Waals surface area contributed by atoms with Gasteiger partial charge in [-0.05, 0) is 23.8 Å². The van der Waals surface area contributed by atoms with E-state index in [0.29, 0.717) is 5.56 Å². The Bertz CT molecular complexity index is 404. The minimum absolute atomic E-state index is 0.0477. The lowest BCUT2D eigenvalue weighted by Crippen LogP contribution is -2.09. The van der Waals surface area contributed by atoms with Crippen LogP contribution in [0.4, 0.5) is 13.2 Å². The monoisotopic (exact) mass is 251 g/mol. The number of alkyl halides is 4. The smallest absolute Gasteiger partial charge is 0.416 e. The lowest BCUT2D eigenvalue weighted by molar-refractivity contribution is -0.137. The predicted molar refractivity (Wildman–Crippen MR) is 54.8 cm³/mol. The lowest BCUT2D eigenvalue weighted by Gasteiger charge is -2.11. The first-order chi connectivity index (χ1) is 7.38. The fourth-order valence-corrected chi connectivity index (χ4v) is 1.34. The molecular formula is C10H9ClF3NO. The van der Waals surface area contributed by atoms with Gasteiger partial charge in [-0.25, -0.2) is 0 Å². The van der Waals surface area contributed by atoms with E-state index in [1.165, 1.54) is 13.2 Å². The molecule has 0 aliphatic heterocycles. The molecule has 16 heavy (non-hydrogen) atoms. The maximum Gasteiger partial charge on any atom is 0.416 e. The highest BCUT2D eigenvalue weighted by Gasteiger charge is 2.31. The third-order valence-corrected chi connectivity index (χ3v) is 2.25. The molecule has 0 aliphatic carbocycles. The number of nitrogens with one attached hydrogen (secondary N) is 1. The summed E-state index contributed by atoms with van der Waals surface area (Å²) in [6, 6.07) is 3.22. The van der Waals surface area contributed by atoms with Crippen molar-refractivity contribution in [3.05, 3.63) is 34.9 Å². The molecule has 0 heterocycles. The molecule has 1 rings (SSSR count). The average molecular weight is 252 g/mol. The van der Waals surface area contributed by atoms with Crippen LogP contribution in [-0.4, -0.2) is 13.0 Å². The van der Waals surface area contributed by atoms with E-state index in [1.807, 2.05) is 0 Å². The number of hydrogen-bond donors (Lipinski definition) is 1. The molecule has 0 saturated carbocycles. The van der Waals surface area contributed by atoms with E-state index < -0.39 is 11.7 Å². The van der Waals surface area contributed by atoms with E-state index >= 15 is 0 Å². The average Bonchev–Trinajstić information content (AvgIpc) is 2.26. The normalized spacial score (nSPS) is 11.3. The van der Waals surface area contributed by atoms with Gasteiger partial charge in [-0.15, -0.1) is 11.6 Å². The minimum Gasteiger partial charge on any atom is -0.481 e. The van der Waals surface area contributed by atoms with Gasteiger partial charge in [0.25, 0.3) is 0 Å². The Morgan fingerprint density at radius 1 is 1.38 bits per heavy atom. The fourth-order valence-electron chi connectivity index (χ4n) is 1.18. The van der Waals surface area contributed by atoms with Crippen LogP contribution >= 0.6 is 11.6 Å². The summed E-state index contributed by atoms with van der Waals surface area (Å²) in [5, 5.41) is 7.32. The Morgan fingerprint density at radius 3 is 2.44 bits per heavy atom. The van der Waals surface area contributed by atoms with Gasteiger partial charge in [-0.1, -0.05) is 0 Å². The SMILES string of the molecule is COC(=N)c1cc(CCl)cc(C(F)(F)F)c1. The molecule has 0 saturated heterocycles. The van der Waals surface area contributed by atoms with Gasteiger partial charge in [0.05, 0.1) is 12.7 Å². The number of benzene rings is 1. The van der Waals surface area contributed by atoms with E-state index in [1.54, 1.807) is 0 Å². The second-order valence-electron chi connectivity index (χ2n) is 3.08. The third kappa shape index (κ3) is 2.88. The highest BCUT2D eigenvalue weighted by atomic mass is 35.5. The van der Waals surface area contributed by atoms with Crippen LogP contribution in [0.15, 0.2) is 18.2 Å². The fraction of sp³-hybridized carbons (Fsp3) is 0.300. The van der Waals surface area contributed by atoms with Crippen LogP contribution in [0.2, 0.25) is 0 Å². The molecule has 88 valence electrons. The van der Waals surface area contributed by atoms with E-state index in [0.717, 1.165) is 12.1 Å². The van der Waals surface area contributed by atoms with E-state index in [4.69, 9.17) is 17.0 Å². The number of rotatable bonds is 2. The van der Waals surface area contributed by atoms with Crippen LogP contribution in [0.25, 0.3) is 0 Å². The van der Waals surface area contributed by atoms with Crippen LogP contribution in [0.5, 0.6) is 0 Å². The van der Waals surface area contributed by atoms with Gasteiger partial charge >= 0.3 is 6.18 Å². The summed E-state index contributed by atoms with van der Waals surface area (Å²) in [6.07, 6.45) is -4.45. The number of halogens is 4. The first-order valence-electron chi connectivity index (χ1n) is 4.28. The zero-order valence-electron chi connectivity index (χ0n) is 8.36. The van der Waals surface area contributed by atoms with Crippen molar-refractivity contribution in [2.45, 2.75) is 12.1 Å². The van der Waals surface area contributed by atoms with Crippen LogP contribution in [-0.2, 0) is 16.8 Å². The largest absolute Gasteiger partial charge is 0.481 e. The maximum atomic E-state index is 12.5. The van der Waals surface area contributed by atoms with Gasteiger partial charge in [-0.3, -0.25) is 5.41 Å². The molecule has 1 aromatic carbocycles. The van der Waals surface area contributed by atoms with Crippen LogP contribution in [0.3, 0.4) is 0 Å². The van der Waals surface area contributed by atoms with Gasteiger partial charge in [-0.2, -0.15) is 13.2 Å². The minimum atomic E-state index is -4.45. The summed E-state index contributed by atoms with van der Waals surface area (Å²) >= 11 is 5.49. The molecule has 1 N–H and O–H groups in total.